The molecule has 3 rings (SSSR count). The quantitative estimate of drug-likeness (QED) is 0.324. The molecule has 1 aromatic carbocycles. The first kappa shape index (κ1) is 23.5. The van der Waals surface area contributed by atoms with Gasteiger partial charge in [0.2, 0.25) is 0 Å². The molecule has 0 amide bonds. The maximum atomic E-state index is 5.44. The third kappa shape index (κ3) is 6.92. The number of aryl methyl sites for hydroxylation is 1. The van der Waals surface area contributed by atoms with Crippen LogP contribution in [0, 0.1) is 0 Å². The van der Waals surface area contributed by atoms with E-state index >= 15 is 0 Å². The van der Waals surface area contributed by atoms with Crippen molar-refractivity contribution in [1.82, 2.24) is 20.1 Å². The summed E-state index contributed by atoms with van der Waals surface area (Å²) >= 11 is 0. The second-order valence-electron chi connectivity index (χ2n) is 7.30. The lowest BCUT2D eigenvalue weighted by Gasteiger charge is -2.29. The third-order valence-corrected chi connectivity index (χ3v) is 5.18. The molecule has 1 aliphatic rings. The first-order valence-electron chi connectivity index (χ1n) is 10.2. The van der Waals surface area contributed by atoms with Crippen LogP contribution in [0.2, 0.25) is 0 Å². The number of rotatable bonds is 8. The summed E-state index contributed by atoms with van der Waals surface area (Å²) in [7, 11) is 3.76. The molecule has 1 aliphatic heterocycles. The molecule has 1 atom stereocenters. The highest BCUT2D eigenvalue weighted by Gasteiger charge is 2.24. The van der Waals surface area contributed by atoms with Gasteiger partial charge in [0.15, 0.2) is 5.96 Å². The highest BCUT2D eigenvalue weighted by molar-refractivity contribution is 14.0. The summed E-state index contributed by atoms with van der Waals surface area (Å²) in [5.74, 6) is 1.77. The van der Waals surface area contributed by atoms with Crippen LogP contribution in [0.4, 0.5) is 0 Å². The lowest BCUT2D eigenvalue weighted by Crippen LogP contribution is -2.42. The van der Waals surface area contributed by atoms with E-state index in [1.807, 2.05) is 13.1 Å². The van der Waals surface area contributed by atoms with Crippen molar-refractivity contribution in [2.24, 2.45) is 12.0 Å². The summed E-state index contributed by atoms with van der Waals surface area (Å²) < 4.78 is 7.50. The van der Waals surface area contributed by atoms with Gasteiger partial charge in [0.25, 0.3) is 0 Å². The Kier molecular flexibility index (Phi) is 9.80. The Morgan fingerprint density at radius 2 is 2.00 bits per heavy atom. The van der Waals surface area contributed by atoms with Gasteiger partial charge in [-0.15, -0.1) is 24.0 Å². The minimum atomic E-state index is 0. The topological polar surface area (TPSA) is 53.8 Å². The number of halogens is 1. The highest BCUT2D eigenvalue weighted by atomic mass is 127. The molecule has 1 fully saturated rings. The standard InChI is InChI=1S/C22H33N5O.HI/c1-4-23-22(24-15-18-10-13-26(2)17-18)25-16-21(27-11-5-6-12-27)19-8-7-9-20(14-19)28-3;/h7-10,13-14,17,21H,4-6,11-12,15-16H2,1-3H3,(H2,23,24,25);1H. The van der Waals surface area contributed by atoms with Gasteiger partial charge < -0.3 is 19.9 Å². The van der Waals surface area contributed by atoms with Crippen molar-refractivity contribution in [3.05, 3.63) is 53.9 Å². The molecule has 0 radical (unpaired) electrons. The number of guanidine groups is 1. The lowest BCUT2D eigenvalue weighted by atomic mass is 10.1. The molecule has 6 nitrogen and oxygen atoms in total. The van der Waals surface area contributed by atoms with Gasteiger partial charge in [-0.3, -0.25) is 4.90 Å². The Labute approximate surface area is 191 Å². The number of hydrogen-bond acceptors (Lipinski definition) is 3. The van der Waals surface area contributed by atoms with Crippen molar-refractivity contribution in [1.29, 1.82) is 0 Å². The zero-order valence-electron chi connectivity index (χ0n) is 17.7. The van der Waals surface area contributed by atoms with Crippen LogP contribution in [0.5, 0.6) is 5.75 Å². The van der Waals surface area contributed by atoms with E-state index in [0.717, 1.165) is 37.9 Å². The molecular weight excluding hydrogens is 477 g/mol. The zero-order chi connectivity index (χ0) is 19.8. The molecule has 1 saturated heterocycles. The van der Waals surface area contributed by atoms with Crippen LogP contribution in [0.25, 0.3) is 0 Å². The molecule has 0 saturated carbocycles. The Morgan fingerprint density at radius 3 is 2.66 bits per heavy atom. The third-order valence-electron chi connectivity index (χ3n) is 5.18. The zero-order valence-corrected chi connectivity index (χ0v) is 20.1. The maximum Gasteiger partial charge on any atom is 0.191 e. The number of aromatic nitrogens is 1. The smallest absolute Gasteiger partial charge is 0.191 e. The van der Waals surface area contributed by atoms with Crippen LogP contribution in [-0.4, -0.2) is 48.7 Å². The summed E-state index contributed by atoms with van der Waals surface area (Å²) in [6.45, 7) is 6.70. The van der Waals surface area contributed by atoms with Gasteiger partial charge in [-0.1, -0.05) is 12.1 Å². The summed E-state index contributed by atoms with van der Waals surface area (Å²) in [5.41, 5.74) is 2.50. The number of nitrogens with zero attached hydrogens (tertiary/aromatic N) is 3. The fourth-order valence-corrected chi connectivity index (χ4v) is 3.72. The van der Waals surface area contributed by atoms with Crippen molar-refractivity contribution >= 4 is 29.9 Å². The Morgan fingerprint density at radius 1 is 1.21 bits per heavy atom. The second kappa shape index (κ2) is 12.1. The van der Waals surface area contributed by atoms with Gasteiger partial charge in [0, 0.05) is 32.5 Å². The van der Waals surface area contributed by atoms with Gasteiger partial charge in [-0.05, 0) is 62.2 Å². The molecule has 29 heavy (non-hydrogen) atoms. The minimum Gasteiger partial charge on any atom is -0.497 e. The number of ether oxygens (including phenoxy) is 1. The monoisotopic (exact) mass is 511 g/mol. The van der Waals surface area contributed by atoms with Crippen molar-refractivity contribution < 1.29 is 4.74 Å². The van der Waals surface area contributed by atoms with E-state index < -0.39 is 0 Å². The molecule has 1 unspecified atom stereocenters. The molecule has 7 heteroatoms. The summed E-state index contributed by atoms with van der Waals surface area (Å²) in [5, 5.41) is 6.93. The van der Waals surface area contributed by atoms with E-state index in [1.165, 1.54) is 24.0 Å². The van der Waals surface area contributed by atoms with Crippen LogP contribution in [0.1, 0.15) is 36.9 Å². The van der Waals surface area contributed by atoms with Crippen molar-refractivity contribution in [3.8, 4) is 5.75 Å². The van der Waals surface area contributed by atoms with Gasteiger partial charge in [-0.2, -0.15) is 0 Å². The molecular formula is C22H34IN5O. The number of hydrogen-bond donors (Lipinski definition) is 2. The Balaban J connectivity index is 0.00000300. The van der Waals surface area contributed by atoms with Crippen LogP contribution in [0.3, 0.4) is 0 Å². The average molecular weight is 511 g/mol. The number of methoxy groups -OCH3 is 1. The first-order valence-corrected chi connectivity index (χ1v) is 10.2. The molecule has 160 valence electrons. The van der Waals surface area contributed by atoms with E-state index in [0.29, 0.717) is 12.6 Å². The van der Waals surface area contributed by atoms with Crippen molar-refractivity contribution in [3.63, 3.8) is 0 Å². The number of likely N-dealkylation sites (tertiary alicyclic amines) is 1. The van der Waals surface area contributed by atoms with Gasteiger partial charge in [-0.25, -0.2) is 4.99 Å². The summed E-state index contributed by atoms with van der Waals surface area (Å²) in [6.07, 6.45) is 6.69. The van der Waals surface area contributed by atoms with Crippen LogP contribution in [-0.2, 0) is 13.6 Å². The molecule has 2 heterocycles. The van der Waals surface area contributed by atoms with E-state index in [-0.39, 0.29) is 24.0 Å². The van der Waals surface area contributed by atoms with Crippen LogP contribution in [0.15, 0.2) is 47.7 Å². The normalized spacial score (nSPS) is 15.6. The minimum absolute atomic E-state index is 0. The van der Waals surface area contributed by atoms with Gasteiger partial charge in [0.05, 0.1) is 19.7 Å². The fourth-order valence-electron chi connectivity index (χ4n) is 3.72. The highest BCUT2D eigenvalue weighted by Crippen LogP contribution is 2.27. The Bertz CT molecular complexity index is 770. The molecule has 0 spiro atoms. The maximum absolute atomic E-state index is 5.44. The SMILES string of the molecule is CCNC(=NCc1ccn(C)c1)NCC(c1cccc(OC)c1)N1CCCC1.I. The van der Waals surface area contributed by atoms with E-state index in [4.69, 9.17) is 9.73 Å². The summed E-state index contributed by atoms with van der Waals surface area (Å²) in [6, 6.07) is 10.8. The number of benzene rings is 1. The van der Waals surface area contributed by atoms with Crippen molar-refractivity contribution in [2.45, 2.75) is 32.4 Å². The van der Waals surface area contributed by atoms with Crippen LogP contribution >= 0.6 is 24.0 Å². The van der Waals surface area contributed by atoms with Gasteiger partial charge >= 0.3 is 0 Å². The predicted octanol–water partition coefficient (Wildman–Crippen LogP) is 3.54. The van der Waals surface area contributed by atoms with E-state index in [2.05, 4.69) is 63.7 Å². The van der Waals surface area contributed by atoms with Gasteiger partial charge in [0.1, 0.15) is 5.75 Å². The predicted molar refractivity (Wildman–Crippen MR) is 130 cm³/mol. The van der Waals surface area contributed by atoms with Crippen molar-refractivity contribution in [2.75, 3.05) is 33.3 Å². The second-order valence-corrected chi connectivity index (χ2v) is 7.30. The largest absolute Gasteiger partial charge is 0.497 e. The Hall–Kier alpha value is -1.74. The van der Waals surface area contributed by atoms with E-state index in [1.54, 1.807) is 7.11 Å². The first-order chi connectivity index (χ1) is 13.7. The molecule has 0 bridgehead atoms. The molecule has 0 aliphatic carbocycles. The average Bonchev–Trinajstić information content (AvgIpc) is 3.38. The number of nitrogens with one attached hydrogen (secondary N) is 2. The molecule has 1 aromatic heterocycles. The molecule has 2 N–H and O–H groups in total. The summed E-state index contributed by atoms with van der Waals surface area (Å²) in [4.78, 5) is 7.32. The molecule has 2 aromatic rings. The fraction of sp³-hybridized carbons (Fsp3) is 0.500. The lowest BCUT2D eigenvalue weighted by molar-refractivity contribution is 0.245. The number of aliphatic imine (C=N–C) groups is 1. The van der Waals surface area contributed by atoms with E-state index in [9.17, 15) is 0 Å². The van der Waals surface area contributed by atoms with Crippen LogP contribution < -0.4 is 15.4 Å².